The minimum atomic E-state index is -1.28. The van der Waals surface area contributed by atoms with Gasteiger partial charge in [-0.3, -0.25) is 4.79 Å². The lowest BCUT2D eigenvalue weighted by Crippen LogP contribution is -2.35. The Hall–Kier alpha value is -1.26. The lowest BCUT2D eigenvalue weighted by molar-refractivity contribution is 0.0751. The zero-order valence-corrected chi connectivity index (χ0v) is 10.1. The first-order valence-corrected chi connectivity index (χ1v) is 4.75. The molecule has 2 amide bonds. The summed E-state index contributed by atoms with van der Waals surface area (Å²) in [6.07, 6.45) is -1.28. The number of hydrogen-bond acceptors (Lipinski definition) is 2. The Bertz CT molecular complexity index is 395. The number of benzene rings is 1. The van der Waals surface area contributed by atoms with Crippen molar-refractivity contribution < 1.29 is 14.7 Å². The Balaban J connectivity index is 0.00000225. The second kappa shape index (κ2) is 6.35. The SMILES string of the molecule is CCN(C(=O)O)C(=O)c1ccccc1Cl.Cl. The van der Waals surface area contributed by atoms with Crippen molar-refractivity contribution in [1.82, 2.24) is 4.90 Å². The standard InChI is InChI=1S/C10H10ClNO3.ClH/c1-2-12(10(14)15)9(13)7-5-3-4-6-8(7)11;/h3-6H,2H2,1H3,(H,14,15);1H. The Morgan fingerprint density at radius 1 is 1.38 bits per heavy atom. The third-order valence-electron chi connectivity index (χ3n) is 1.90. The number of nitrogens with zero attached hydrogens (tertiary/aromatic N) is 1. The number of carboxylic acid groups (broad SMARTS) is 1. The molecular formula is C10H11Cl2NO3. The van der Waals surface area contributed by atoms with Crippen LogP contribution in [0.4, 0.5) is 4.79 Å². The van der Waals surface area contributed by atoms with Crippen molar-refractivity contribution in [2.75, 3.05) is 6.54 Å². The monoisotopic (exact) mass is 263 g/mol. The zero-order chi connectivity index (χ0) is 11.4. The fourth-order valence-corrected chi connectivity index (χ4v) is 1.36. The van der Waals surface area contributed by atoms with Gasteiger partial charge in [0, 0.05) is 6.54 Å². The van der Waals surface area contributed by atoms with Crippen LogP contribution >= 0.6 is 24.0 Å². The van der Waals surface area contributed by atoms with E-state index < -0.39 is 12.0 Å². The van der Waals surface area contributed by atoms with Crippen molar-refractivity contribution in [2.45, 2.75) is 6.92 Å². The second-order valence-corrected chi connectivity index (χ2v) is 3.22. The van der Waals surface area contributed by atoms with E-state index in [9.17, 15) is 9.59 Å². The second-order valence-electron chi connectivity index (χ2n) is 2.81. The van der Waals surface area contributed by atoms with Crippen LogP contribution in [0.2, 0.25) is 5.02 Å². The van der Waals surface area contributed by atoms with Gasteiger partial charge in [0.1, 0.15) is 0 Å². The molecule has 1 aromatic rings. The van der Waals surface area contributed by atoms with E-state index in [0.29, 0.717) is 4.90 Å². The molecule has 0 aliphatic carbocycles. The van der Waals surface area contributed by atoms with Gasteiger partial charge in [-0.1, -0.05) is 23.7 Å². The molecule has 88 valence electrons. The molecule has 1 N–H and O–H groups in total. The summed E-state index contributed by atoms with van der Waals surface area (Å²) < 4.78 is 0. The lowest BCUT2D eigenvalue weighted by atomic mass is 10.2. The van der Waals surface area contributed by atoms with Crippen LogP contribution in [0.25, 0.3) is 0 Å². The molecule has 0 aliphatic rings. The van der Waals surface area contributed by atoms with Crippen LogP contribution in [0.1, 0.15) is 17.3 Å². The van der Waals surface area contributed by atoms with E-state index in [1.165, 1.54) is 6.07 Å². The fourth-order valence-electron chi connectivity index (χ4n) is 1.15. The third kappa shape index (κ3) is 3.12. The number of imide groups is 1. The molecule has 4 nitrogen and oxygen atoms in total. The Morgan fingerprint density at radius 2 is 1.94 bits per heavy atom. The van der Waals surface area contributed by atoms with Gasteiger partial charge in [-0.25, -0.2) is 9.69 Å². The Morgan fingerprint density at radius 3 is 2.38 bits per heavy atom. The first kappa shape index (κ1) is 14.7. The topological polar surface area (TPSA) is 57.6 Å². The Labute approximate surface area is 104 Å². The highest BCUT2D eigenvalue weighted by Gasteiger charge is 2.21. The largest absolute Gasteiger partial charge is 0.465 e. The molecule has 0 bridgehead atoms. The van der Waals surface area contributed by atoms with Crippen molar-refractivity contribution >= 4 is 36.0 Å². The van der Waals surface area contributed by atoms with Gasteiger partial charge in [0.2, 0.25) is 0 Å². The number of carbonyl (C=O) groups is 2. The van der Waals surface area contributed by atoms with Crippen LogP contribution in [0.5, 0.6) is 0 Å². The Kier molecular flexibility index (Phi) is 5.85. The summed E-state index contributed by atoms with van der Waals surface area (Å²) in [7, 11) is 0. The molecule has 0 saturated carbocycles. The average Bonchev–Trinajstić information content (AvgIpc) is 2.18. The van der Waals surface area contributed by atoms with Gasteiger partial charge in [0.05, 0.1) is 10.6 Å². The summed E-state index contributed by atoms with van der Waals surface area (Å²) in [6.45, 7) is 1.68. The van der Waals surface area contributed by atoms with E-state index in [4.69, 9.17) is 16.7 Å². The summed E-state index contributed by atoms with van der Waals surface area (Å²) in [5.74, 6) is -0.601. The predicted octanol–water partition coefficient (Wildman–Crippen LogP) is 2.90. The maximum absolute atomic E-state index is 11.7. The van der Waals surface area contributed by atoms with E-state index in [1.54, 1.807) is 25.1 Å². The first-order chi connectivity index (χ1) is 7.07. The third-order valence-corrected chi connectivity index (χ3v) is 2.23. The van der Waals surface area contributed by atoms with Crippen molar-refractivity contribution in [1.29, 1.82) is 0 Å². The highest BCUT2D eigenvalue weighted by atomic mass is 35.5. The van der Waals surface area contributed by atoms with Crippen LogP contribution in [-0.2, 0) is 0 Å². The summed E-state index contributed by atoms with van der Waals surface area (Å²) in [5, 5.41) is 9.01. The summed E-state index contributed by atoms with van der Waals surface area (Å²) in [4.78, 5) is 23.1. The first-order valence-electron chi connectivity index (χ1n) is 4.37. The van der Waals surface area contributed by atoms with Gasteiger partial charge in [-0.15, -0.1) is 12.4 Å². The van der Waals surface area contributed by atoms with E-state index in [2.05, 4.69) is 0 Å². The van der Waals surface area contributed by atoms with Gasteiger partial charge in [0.15, 0.2) is 0 Å². The van der Waals surface area contributed by atoms with Gasteiger partial charge in [0.25, 0.3) is 5.91 Å². The molecule has 16 heavy (non-hydrogen) atoms. The van der Waals surface area contributed by atoms with Gasteiger partial charge in [-0.2, -0.15) is 0 Å². The highest BCUT2D eigenvalue weighted by molar-refractivity contribution is 6.34. The number of hydrogen-bond donors (Lipinski definition) is 1. The van der Waals surface area contributed by atoms with Gasteiger partial charge >= 0.3 is 6.09 Å². The van der Waals surface area contributed by atoms with E-state index in [-0.39, 0.29) is 29.5 Å². The smallest absolute Gasteiger partial charge is 0.414 e. The number of carbonyl (C=O) groups excluding carboxylic acids is 1. The molecule has 0 radical (unpaired) electrons. The highest BCUT2D eigenvalue weighted by Crippen LogP contribution is 2.16. The molecule has 0 heterocycles. The lowest BCUT2D eigenvalue weighted by Gasteiger charge is -2.15. The molecule has 1 rings (SSSR count). The predicted molar refractivity (Wildman–Crippen MR) is 63.4 cm³/mol. The maximum Gasteiger partial charge on any atom is 0.414 e. The minimum Gasteiger partial charge on any atom is -0.465 e. The van der Waals surface area contributed by atoms with Gasteiger partial charge in [-0.05, 0) is 19.1 Å². The summed E-state index contributed by atoms with van der Waals surface area (Å²) >= 11 is 5.78. The number of halogens is 2. The zero-order valence-electron chi connectivity index (χ0n) is 8.51. The van der Waals surface area contributed by atoms with Crippen LogP contribution in [0, 0.1) is 0 Å². The molecule has 0 aromatic heterocycles. The molecule has 0 fully saturated rings. The number of rotatable bonds is 2. The van der Waals surface area contributed by atoms with Crippen LogP contribution in [-0.4, -0.2) is 28.6 Å². The molecule has 0 aliphatic heterocycles. The molecular weight excluding hydrogens is 253 g/mol. The molecule has 0 unspecified atom stereocenters. The molecule has 0 spiro atoms. The molecule has 0 atom stereocenters. The van der Waals surface area contributed by atoms with Crippen molar-refractivity contribution in [3.63, 3.8) is 0 Å². The van der Waals surface area contributed by atoms with Crippen LogP contribution in [0.15, 0.2) is 24.3 Å². The summed E-state index contributed by atoms with van der Waals surface area (Å²) in [6, 6.07) is 6.35. The maximum atomic E-state index is 11.7. The molecule has 6 heteroatoms. The van der Waals surface area contributed by atoms with Crippen molar-refractivity contribution in [2.24, 2.45) is 0 Å². The normalized spacial score (nSPS) is 9.12. The van der Waals surface area contributed by atoms with E-state index in [0.717, 1.165) is 0 Å². The van der Waals surface area contributed by atoms with E-state index in [1.807, 2.05) is 0 Å². The average molecular weight is 264 g/mol. The van der Waals surface area contributed by atoms with Crippen molar-refractivity contribution in [3.05, 3.63) is 34.9 Å². The van der Waals surface area contributed by atoms with Crippen LogP contribution < -0.4 is 0 Å². The molecule has 1 aromatic carbocycles. The van der Waals surface area contributed by atoms with Gasteiger partial charge < -0.3 is 5.11 Å². The quantitative estimate of drug-likeness (QED) is 0.893. The number of amides is 2. The minimum absolute atomic E-state index is 0. The summed E-state index contributed by atoms with van der Waals surface area (Å²) in [5.41, 5.74) is 0.198. The van der Waals surface area contributed by atoms with Crippen molar-refractivity contribution in [3.8, 4) is 0 Å². The van der Waals surface area contributed by atoms with Crippen LogP contribution in [0.3, 0.4) is 0 Å². The van der Waals surface area contributed by atoms with E-state index >= 15 is 0 Å². The fraction of sp³-hybridized carbons (Fsp3) is 0.200. The molecule has 0 saturated heterocycles.